The molecule has 0 atom stereocenters. The summed E-state index contributed by atoms with van der Waals surface area (Å²) in [6.07, 6.45) is 6.13. The van der Waals surface area contributed by atoms with Crippen LogP contribution in [0.5, 0.6) is 0 Å². The molecule has 0 aliphatic heterocycles. The highest BCUT2D eigenvalue weighted by Gasteiger charge is 2.05. The lowest BCUT2D eigenvalue weighted by atomic mass is 10.4. The molecule has 0 unspecified atom stereocenters. The number of amides is 1. The molecule has 136 valence electrons. The minimum atomic E-state index is -0.192. The SMILES string of the molecule is CCNC(=NCC(=O)Nc1cccnc1)NCc1ncc(CC)s1.I. The van der Waals surface area contributed by atoms with Crippen LogP contribution in [0, 0.1) is 0 Å². The summed E-state index contributed by atoms with van der Waals surface area (Å²) in [6, 6.07) is 3.55. The lowest BCUT2D eigenvalue weighted by molar-refractivity contribution is -0.114. The molecule has 0 saturated heterocycles. The number of anilines is 1. The Bertz CT molecular complexity index is 676. The number of carbonyl (C=O) groups excluding carboxylic acids is 1. The fraction of sp³-hybridized carbons (Fsp3) is 0.375. The molecule has 0 saturated carbocycles. The molecule has 0 aliphatic rings. The molecule has 1 amide bonds. The number of carbonyl (C=O) groups is 1. The molecule has 0 aromatic carbocycles. The summed E-state index contributed by atoms with van der Waals surface area (Å²) in [7, 11) is 0. The van der Waals surface area contributed by atoms with E-state index in [1.165, 1.54) is 4.88 Å². The molecule has 0 bridgehead atoms. The summed E-state index contributed by atoms with van der Waals surface area (Å²) >= 11 is 1.68. The first-order valence-electron chi connectivity index (χ1n) is 7.87. The Morgan fingerprint density at radius 3 is 2.76 bits per heavy atom. The van der Waals surface area contributed by atoms with Gasteiger partial charge in [-0.3, -0.25) is 9.78 Å². The van der Waals surface area contributed by atoms with E-state index in [9.17, 15) is 4.79 Å². The average molecular weight is 474 g/mol. The molecule has 25 heavy (non-hydrogen) atoms. The third-order valence-electron chi connectivity index (χ3n) is 3.03. The lowest BCUT2D eigenvalue weighted by Gasteiger charge is -2.10. The van der Waals surface area contributed by atoms with Gasteiger partial charge in [0, 0.05) is 23.8 Å². The molecule has 0 aliphatic carbocycles. The number of thiazole rings is 1. The lowest BCUT2D eigenvalue weighted by Crippen LogP contribution is -2.37. The summed E-state index contributed by atoms with van der Waals surface area (Å²) in [5.41, 5.74) is 0.658. The summed E-state index contributed by atoms with van der Waals surface area (Å²) in [5.74, 6) is 0.398. The maximum atomic E-state index is 11.9. The Kier molecular flexibility index (Phi) is 10.0. The molecule has 0 radical (unpaired) electrons. The molecular weight excluding hydrogens is 451 g/mol. The molecule has 0 fully saturated rings. The van der Waals surface area contributed by atoms with E-state index in [2.05, 4.69) is 37.8 Å². The van der Waals surface area contributed by atoms with Crippen molar-refractivity contribution in [2.45, 2.75) is 26.8 Å². The molecule has 7 nitrogen and oxygen atoms in total. The molecule has 2 heterocycles. The third kappa shape index (κ3) is 7.78. The van der Waals surface area contributed by atoms with E-state index >= 15 is 0 Å². The highest BCUT2D eigenvalue weighted by molar-refractivity contribution is 14.0. The third-order valence-corrected chi connectivity index (χ3v) is 4.17. The number of nitrogens with zero attached hydrogens (tertiary/aromatic N) is 3. The van der Waals surface area contributed by atoms with Crippen molar-refractivity contribution in [3.8, 4) is 0 Å². The number of halogens is 1. The fourth-order valence-electron chi connectivity index (χ4n) is 1.88. The van der Waals surface area contributed by atoms with Gasteiger partial charge < -0.3 is 16.0 Å². The highest BCUT2D eigenvalue weighted by atomic mass is 127. The van der Waals surface area contributed by atoms with Gasteiger partial charge in [0.1, 0.15) is 11.6 Å². The first-order valence-corrected chi connectivity index (χ1v) is 8.68. The Hall–Kier alpha value is -1.75. The van der Waals surface area contributed by atoms with Crippen LogP contribution in [0.4, 0.5) is 5.69 Å². The molecule has 2 rings (SSSR count). The molecular formula is C16H23IN6OS. The van der Waals surface area contributed by atoms with E-state index < -0.39 is 0 Å². The Morgan fingerprint density at radius 2 is 2.12 bits per heavy atom. The largest absolute Gasteiger partial charge is 0.357 e. The minimum absolute atomic E-state index is 0. The highest BCUT2D eigenvalue weighted by Crippen LogP contribution is 2.12. The Morgan fingerprint density at radius 1 is 1.28 bits per heavy atom. The van der Waals surface area contributed by atoms with Crippen molar-refractivity contribution >= 4 is 52.9 Å². The quantitative estimate of drug-likeness (QED) is 0.326. The Balaban J connectivity index is 0.00000312. The van der Waals surface area contributed by atoms with Crippen LogP contribution in [0.3, 0.4) is 0 Å². The van der Waals surface area contributed by atoms with Crippen LogP contribution in [0.15, 0.2) is 35.7 Å². The first-order chi connectivity index (χ1) is 11.7. The molecule has 2 aromatic rings. The summed E-state index contributed by atoms with van der Waals surface area (Å²) in [4.78, 5) is 25.8. The summed E-state index contributed by atoms with van der Waals surface area (Å²) < 4.78 is 0. The predicted octanol–water partition coefficient (Wildman–Crippen LogP) is 2.41. The predicted molar refractivity (Wildman–Crippen MR) is 113 cm³/mol. The van der Waals surface area contributed by atoms with Gasteiger partial charge in [0.25, 0.3) is 0 Å². The maximum Gasteiger partial charge on any atom is 0.246 e. The number of aromatic nitrogens is 2. The normalized spacial score (nSPS) is 10.7. The van der Waals surface area contributed by atoms with Crippen molar-refractivity contribution in [1.29, 1.82) is 0 Å². The van der Waals surface area contributed by atoms with Gasteiger partial charge in [0.2, 0.25) is 5.91 Å². The Labute approximate surface area is 168 Å². The van der Waals surface area contributed by atoms with Gasteiger partial charge in [-0.15, -0.1) is 35.3 Å². The molecule has 3 N–H and O–H groups in total. The van der Waals surface area contributed by atoms with Crippen molar-refractivity contribution < 1.29 is 4.79 Å². The van der Waals surface area contributed by atoms with Crippen LogP contribution in [-0.4, -0.2) is 34.9 Å². The molecule has 0 spiro atoms. The van der Waals surface area contributed by atoms with E-state index in [1.54, 1.807) is 35.9 Å². The van der Waals surface area contributed by atoms with E-state index in [0.29, 0.717) is 24.7 Å². The number of aliphatic imine (C=N–C) groups is 1. The van der Waals surface area contributed by atoms with Crippen molar-refractivity contribution in [3.63, 3.8) is 0 Å². The van der Waals surface area contributed by atoms with Gasteiger partial charge in [-0.1, -0.05) is 6.92 Å². The van der Waals surface area contributed by atoms with Gasteiger partial charge in [-0.05, 0) is 25.5 Å². The van der Waals surface area contributed by atoms with Crippen molar-refractivity contribution in [1.82, 2.24) is 20.6 Å². The molecule has 2 aromatic heterocycles. The number of nitrogens with one attached hydrogen (secondary N) is 3. The van der Waals surface area contributed by atoms with Crippen molar-refractivity contribution in [3.05, 3.63) is 40.6 Å². The monoisotopic (exact) mass is 474 g/mol. The van der Waals surface area contributed by atoms with E-state index in [0.717, 1.165) is 11.4 Å². The van der Waals surface area contributed by atoms with Crippen LogP contribution >= 0.6 is 35.3 Å². The minimum Gasteiger partial charge on any atom is -0.357 e. The smallest absolute Gasteiger partial charge is 0.246 e. The zero-order valence-electron chi connectivity index (χ0n) is 14.3. The van der Waals surface area contributed by atoms with Gasteiger partial charge in [-0.2, -0.15) is 0 Å². The van der Waals surface area contributed by atoms with Crippen LogP contribution in [0.2, 0.25) is 0 Å². The van der Waals surface area contributed by atoms with Gasteiger partial charge in [0.05, 0.1) is 18.4 Å². The van der Waals surface area contributed by atoms with E-state index in [-0.39, 0.29) is 36.4 Å². The fourth-order valence-corrected chi connectivity index (χ4v) is 2.68. The number of aryl methyl sites for hydroxylation is 1. The number of hydrogen-bond acceptors (Lipinski definition) is 5. The van der Waals surface area contributed by atoms with Crippen LogP contribution in [0.1, 0.15) is 23.7 Å². The molecule has 9 heteroatoms. The van der Waals surface area contributed by atoms with Crippen LogP contribution in [0.25, 0.3) is 0 Å². The topological polar surface area (TPSA) is 91.3 Å². The maximum absolute atomic E-state index is 11.9. The summed E-state index contributed by atoms with van der Waals surface area (Å²) in [6.45, 7) is 5.42. The van der Waals surface area contributed by atoms with E-state index in [1.807, 2.05) is 13.1 Å². The van der Waals surface area contributed by atoms with Gasteiger partial charge in [-0.25, -0.2) is 9.98 Å². The number of pyridine rings is 1. The second-order valence-corrected chi connectivity index (χ2v) is 6.11. The van der Waals surface area contributed by atoms with Crippen LogP contribution in [-0.2, 0) is 17.8 Å². The van der Waals surface area contributed by atoms with Crippen LogP contribution < -0.4 is 16.0 Å². The van der Waals surface area contributed by atoms with Crippen molar-refractivity contribution in [2.75, 3.05) is 18.4 Å². The number of hydrogen-bond donors (Lipinski definition) is 3. The number of guanidine groups is 1. The summed E-state index contributed by atoms with van der Waals surface area (Å²) in [5, 5.41) is 10.1. The second kappa shape index (κ2) is 11.7. The zero-order chi connectivity index (χ0) is 17.2. The first kappa shape index (κ1) is 21.3. The van der Waals surface area contributed by atoms with E-state index in [4.69, 9.17) is 0 Å². The zero-order valence-corrected chi connectivity index (χ0v) is 17.4. The number of rotatable bonds is 7. The van der Waals surface area contributed by atoms with Gasteiger partial charge >= 0.3 is 0 Å². The second-order valence-electron chi connectivity index (χ2n) is 4.91. The average Bonchev–Trinajstić information content (AvgIpc) is 3.06. The standard InChI is InChI=1S/C16H22N6OS.HI/c1-3-13-9-19-15(24-13)11-21-16(18-4-2)20-10-14(23)22-12-6-5-7-17-8-12;/h5-9H,3-4,10-11H2,1-2H3,(H,22,23)(H2,18,20,21);1H. The van der Waals surface area contributed by atoms with Crippen molar-refractivity contribution in [2.24, 2.45) is 4.99 Å². The van der Waals surface area contributed by atoms with Gasteiger partial charge in [0.15, 0.2) is 5.96 Å².